The van der Waals surface area contributed by atoms with Crippen LogP contribution in [0, 0.1) is 0 Å². The van der Waals surface area contributed by atoms with Crippen molar-refractivity contribution in [2.75, 3.05) is 13.2 Å². The van der Waals surface area contributed by atoms with Gasteiger partial charge in [-0.1, -0.05) is 79.0 Å². The zero-order valence-electron chi connectivity index (χ0n) is 19.0. The molecule has 0 fully saturated rings. The fourth-order valence-electron chi connectivity index (χ4n) is 3.59. The van der Waals surface area contributed by atoms with E-state index in [0.29, 0.717) is 34.4 Å². The maximum absolute atomic E-state index is 12.5. The summed E-state index contributed by atoms with van der Waals surface area (Å²) < 4.78 is 5.62. The lowest BCUT2D eigenvalue weighted by Gasteiger charge is -2.19. The molecule has 0 radical (unpaired) electrons. The second-order valence-corrected chi connectivity index (χ2v) is 8.78. The van der Waals surface area contributed by atoms with Crippen LogP contribution in [0.25, 0.3) is 0 Å². The Labute approximate surface area is 210 Å². The van der Waals surface area contributed by atoms with Crippen molar-refractivity contribution in [1.82, 2.24) is 10.6 Å². The molecular formula is C27H28Cl2N2O3. The van der Waals surface area contributed by atoms with E-state index in [4.69, 9.17) is 27.9 Å². The number of amides is 2. The Morgan fingerprint density at radius 2 is 1.74 bits per heavy atom. The fraction of sp³-hybridized carbons (Fsp3) is 0.259. The zero-order valence-corrected chi connectivity index (χ0v) is 20.5. The van der Waals surface area contributed by atoms with Gasteiger partial charge in [-0.3, -0.25) is 9.59 Å². The Balaban J connectivity index is 1.50. The molecule has 5 nitrogen and oxygen atoms in total. The summed E-state index contributed by atoms with van der Waals surface area (Å²) in [6, 6.07) is 21.9. The highest BCUT2D eigenvalue weighted by Gasteiger charge is 2.16. The number of ether oxygens (including phenoxy) is 1. The number of carbonyl (C=O) groups is 2. The molecule has 2 N–H and O–H groups in total. The van der Waals surface area contributed by atoms with E-state index >= 15 is 0 Å². The average Bonchev–Trinajstić information content (AvgIpc) is 2.85. The van der Waals surface area contributed by atoms with Crippen molar-refractivity contribution in [3.05, 3.63) is 99.5 Å². The van der Waals surface area contributed by atoms with Crippen molar-refractivity contribution < 1.29 is 14.3 Å². The summed E-state index contributed by atoms with van der Waals surface area (Å²) in [5.41, 5.74) is 2.44. The van der Waals surface area contributed by atoms with Crippen molar-refractivity contribution in [1.29, 1.82) is 0 Å². The Kier molecular flexibility index (Phi) is 9.80. The predicted octanol–water partition coefficient (Wildman–Crippen LogP) is 6.00. The maximum Gasteiger partial charge on any atom is 0.257 e. The van der Waals surface area contributed by atoms with Crippen molar-refractivity contribution in [2.45, 2.75) is 32.2 Å². The topological polar surface area (TPSA) is 67.4 Å². The van der Waals surface area contributed by atoms with Crippen molar-refractivity contribution in [3.63, 3.8) is 0 Å². The van der Waals surface area contributed by atoms with E-state index in [1.807, 2.05) is 36.4 Å². The van der Waals surface area contributed by atoms with Gasteiger partial charge in [0.25, 0.3) is 11.8 Å². The van der Waals surface area contributed by atoms with Gasteiger partial charge in [-0.25, -0.2) is 0 Å². The molecule has 0 saturated heterocycles. The van der Waals surface area contributed by atoms with Crippen molar-refractivity contribution >= 4 is 35.0 Å². The molecule has 0 aromatic heterocycles. The van der Waals surface area contributed by atoms with E-state index < -0.39 is 0 Å². The molecule has 0 aliphatic rings. The van der Waals surface area contributed by atoms with Gasteiger partial charge in [0.2, 0.25) is 0 Å². The van der Waals surface area contributed by atoms with Gasteiger partial charge < -0.3 is 15.4 Å². The average molecular weight is 499 g/mol. The molecule has 0 aliphatic carbocycles. The van der Waals surface area contributed by atoms with Gasteiger partial charge in [-0.2, -0.15) is 0 Å². The lowest BCUT2D eigenvalue weighted by atomic mass is 9.94. The number of benzene rings is 3. The van der Waals surface area contributed by atoms with Crippen LogP contribution in [0.2, 0.25) is 10.0 Å². The van der Waals surface area contributed by atoms with Gasteiger partial charge in [0.15, 0.2) is 6.61 Å². The number of halogens is 2. The first-order valence-corrected chi connectivity index (χ1v) is 12.0. The van der Waals surface area contributed by atoms with Crippen molar-refractivity contribution in [3.8, 4) is 5.75 Å². The molecule has 0 heterocycles. The summed E-state index contributed by atoms with van der Waals surface area (Å²) >= 11 is 12.4. The summed E-state index contributed by atoms with van der Waals surface area (Å²) in [4.78, 5) is 24.9. The van der Waals surface area contributed by atoms with Crippen molar-refractivity contribution in [2.24, 2.45) is 0 Å². The van der Waals surface area contributed by atoms with Gasteiger partial charge in [-0.05, 0) is 47.9 Å². The fourth-order valence-corrected chi connectivity index (χ4v) is 4.16. The minimum absolute atomic E-state index is 0.0790. The molecule has 34 heavy (non-hydrogen) atoms. The predicted molar refractivity (Wildman–Crippen MR) is 137 cm³/mol. The summed E-state index contributed by atoms with van der Waals surface area (Å²) in [5, 5.41) is 6.98. The number of hydrogen-bond acceptors (Lipinski definition) is 3. The number of carbonyl (C=O) groups excluding carboxylic acids is 2. The van der Waals surface area contributed by atoms with E-state index in [0.717, 1.165) is 24.0 Å². The van der Waals surface area contributed by atoms with Crippen LogP contribution in [-0.4, -0.2) is 25.0 Å². The van der Waals surface area contributed by atoms with E-state index in [2.05, 4.69) is 17.6 Å². The van der Waals surface area contributed by atoms with Crippen LogP contribution < -0.4 is 15.4 Å². The van der Waals surface area contributed by atoms with E-state index in [9.17, 15) is 9.59 Å². The summed E-state index contributed by atoms with van der Waals surface area (Å²) in [6.45, 7) is 2.82. The van der Waals surface area contributed by atoms with E-state index in [-0.39, 0.29) is 24.3 Å². The second-order valence-electron chi connectivity index (χ2n) is 7.94. The molecular weight excluding hydrogens is 471 g/mol. The Morgan fingerprint density at radius 1 is 0.941 bits per heavy atom. The normalized spacial score (nSPS) is 11.5. The Bertz CT molecular complexity index is 1110. The molecule has 2 amide bonds. The first-order valence-electron chi connectivity index (χ1n) is 11.2. The first kappa shape index (κ1) is 25.6. The highest BCUT2D eigenvalue weighted by Crippen LogP contribution is 2.30. The van der Waals surface area contributed by atoms with Crippen LogP contribution >= 0.6 is 23.2 Å². The van der Waals surface area contributed by atoms with E-state index in [1.165, 1.54) is 0 Å². The number of nitrogens with one attached hydrogen (secondary N) is 2. The minimum Gasteiger partial charge on any atom is -0.484 e. The largest absolute Gasteiger partial charge is 0.484 e. The third-order valence-electron chi connectivity index (χ3n) is 5.35. The van der Waals surface area contributed by atoms with Crippen LogP contribution in [0.3, 0.4) is 0 Å². The SMILES string of the molecule is CCC[C@@H](CNC(=O)COc1cccc(C(=O)NCc2ccccc2)c1)c1ccc(Cl)cc1Cl. The monoisotopic (exact) mass is 498 g/mol. The Morgan fingerprint density at radius 3 is 2.47 bits per heavy atom. The summed E-state index contributed by atoms with van der Waals surface area (Å²) in [7, 11) is 0. The highest BCUT2D eigenvalue weighted by atomic mass is 35.5. The summed E-state index contributed by atoms with van der Waals surface area (Å²) in [5.74, 6) is 0.0786. The van der Waals surface area contributed by atoms with Gasteiger partial charge >= 0.3 is 0 Å². The number of hydrogen-bond donors (Lipinski definition) is 2. The van der Waals surface area contributed by atoms with Crippen LogP contribution in [0.4, 0.5) is 0 Å². The van der Waals surface area contributed by atoms with E-state index in [1.54, 1.807) is 36.4 Å². The molecule has 1 atom stereocenters. The molecule has 3 rings (SSSR count). The summed E-state index contributed by atoms with van der Waals surface area (Å²) in [6.07, 6.45) is 1.83. The molecule has 3 aromatic rings. The number of rotatable bonds is 11. The van der Waals surface area contributed by atoms with Gasteiger partial charge in [0.05, 0.1) is 0 Å². The third-order valence-corrected chi connectivity index (χ3v) is 5.91. The molecule has 178 valence electrons. The highest BCUT2D eigenvalue weighted by molar-refractivity contribution is 6.35. The quantitative estimate of drug-likeness (QED) is 0.340. The molecule has 0 bridgehead atoms. The molecule has 0 aliphatic heterocycles. The van der Waals surface area contributed by atoms with Crippen LogP contribution in [0.1, 0.15) is 47.2 Å². The van der Waals surface area contributed by atoms with Gasteiger partial charge in [0, 0.05) is 34.6 Å². The smallest absolute Gasteiger partial charge is 0.257 e. The molecule has 0 saturated carbocycles. The lowest BCUT2D eigenvalue weighted by Crippen LogP contribution is -2.32. The standard InChI is InChI=1S/C27H28Cl2N2O3/c1-2-7-21(24-13-12-22(28)15-25(24)29)17-30-26(32)18-34-23-11-6-10-20(14-23)27(33)31-16-19-8-4-3-5-9-19/h3-6,8-15,21H,2,7,16-18H2,1H3,(H,30,32)(H,31,33)/t21-/m0/s1. The van der Waals surface area contributed by atoms with Crippen LogP contribution in [0.15, 0.2) is 72.8 Å². The lowest BCUT2D eigenvalue weighted by molar-refractivity contribution is -0.123. The maximum atomic E-state index is 12.5. The Hall–Kier alpha value is -3.02. The third kappa shape index (κ3) is 7.79. The zero-order chi connectivity index (χ0) is 24.3. The van der Waals surface area contributed by atoms with Gasteiger partial charge in [-0.15, -0.1) is 0 Å². The van der Waals surface area contributed by atoms with Gasteiger partial charge in [0.1, 0.15) is 5.75 Å². The molecule has 3 aromatic carbocycles. The first-order chi connectivity index (χ1) is 16.5. The van der Waals surface area contributed by atoms with Crippen LogP contribution in [-0.2, 0) is 11.3 Å². The van der Waals surface area contributed by atoms with Crippen LogP contribution in [0.5, 0.6) is 5.75 Å². The molecule has 0 unspecified atom stereocenters. The molecule has 0 spiro atoms. The second kappa shape index (κ2) is 13.0. The molecule has 7 heteroatoms. The minimum atomic E-state index is -0.245.